The molecule has 0 radical (unpaired) electrons. The number of hydrogen-bond acceptors (Lipinski definition) is 6. The van der Waals surface area contributed by atoms with Gasteiger partial charge >= 0.3 is 5.97 Å². The van der Waals surface area contributed by atoms with Crippen molar-refractivity contribution in [1.82, 2.24) is 4.98 Å². The van der Waals surface area contributed by atoms with Crippen LogP contribution in [0.4, 0.5) is 5.69 Å². The third-order valence-electron chi connectivity index (χ3n) is 3.33. The molecule has 0 spiro atoms. The van der Waals surface area contributed by atoms with Crippen LogP contribution in [0.1, 0.15) is 25.1 Å². The number of rotatable bonds is 7. The quantitative estimate of drug-likeness (QED) is 0.555. The Bertz CT molecular complexity index is 764. The summed E-state index contributed by atoms with van der Waals surface area (Å²) in [5, 5.41) is 4.98. The minimum absolute atomic E-state index is 0.127. The van der Waals surface area contributed by atoms with Crippen molar-refractivity contribution in [2.45, 2.75) is 36.8 Å². The van der Waals surface area contributed by atoms with E-state index in [1.54, 1.807) is 19.1 Å². The van der Waals surface area contributed by atoms with E-state index in [2.05, 4.69) is 10.3 Å². The summed E-state index contributed by atoms with van der Waals surface area (Å²) in [7, 11) is 0. The van der Waals surface area contributed by atoms with E-state index in [1.165, 1.54) is 23.1 Å². The highest BCUT2D eigenvalue weighted by Gasteiger charge is 2.18. The van der Waals surface area contributed by atoms with Gasteiger partial charge in [-0.2, -0.15) is 0 Å². The first-order chi connectivity index (χ1) is 11.9. The Morgan fingerprint density at radius 3 is 2.92 bits per heavy atom. The highest BCUT2D eigenvalue weighted by Crippen LogP contribution is 2.29. The van der Waals surface area contributed by atoms with E-state index in [0.717, 1.165) is 9.90 Å². The number of ether oxygens (including phenoxy) is 1. The van der Waals surface area contributed by atoms with Gasteiger partial charge in [0.25, 0.3) is 0 Å². The molecule has 0 aliphatic carbocycles. The van der Waals surface area contributed by atoms with Crippen molar-refractivity contribution in [2.75, 3.05) is 11.9 Å². The topological polar surface area (TPSA) is 68.3 Å². The summed E-state index contributed by atoms with van der Waals surface area (Å²) < 4.78 is 5.65. The zero-order chi connectivity index (χ0) is 18.4. The van der Waals surface area contributed by atoms with Gasteiger partial charge in [-0.05, 0) is 38.5 Å². The maximum atomic E-state index is 12.4. The summed E-state index contributed by atoms with van der Waals surface area (Å²) in [6.45, 7) is 5.79. The first-order valence-electron chi connectivity index (χ1n) is 7.73. The van der Waals surface area contributed by atoms with Crippen molar-refractivity contribution in [1.29, 1.82) is 0 Å². The van der Waals surface area contributed by atoms with Crippen LogP contribution in [0, 0.1) is 6.92 Å². The third kappa shape index (κ3) is 5.73. The molecule has 2 rings (SSSR count). The van der Waals surface area contributed by atoms with E-state index in [0.29, 0.717) is 23.0 Å². The molecule has 1 atom stereocenters. The molecule has 2 aromatic rings. The molecule has 0 saturated heterocycles. The number of carbonyl (C=O) groups excluding carboxylic acids is 2. The number of carbonyl (C=O) groups is 2. The van der Waals surface area contributed by atoms with Crippen LogP contribution < -0.4 is 5.32 Å². The number of halogens is 1. The number of benzene rings is 1. The largest absolute Gasteiger partial charge is 0.466 e. The average Bonchev–Trinajstić information content (AvgIpc) is 2.98. The predicted octanol–water partition coefficient (Wildman–Crippen LogP) is 4.33. The number of thioether (sulfide) groups is 1. The molecule has 0 bridgehead atoms. The van der Waals surface area contributed by atoms with Crippen molar-refractivity contribution in [3.8, 4) is 0 Å². The molecule has 25 heavy (non-hydrogen) atoms. The summed E-state index contributed by atoms with van der Waals surface area (Å²) in [5.41, 5.74) is 2.19. The van der Waals surface area contributed by atoms with E-state index in [1.807, 2.05) is 25.3 Å². The molecule has 1 heterocycles. The van der Waals surface area contributed by atoms with Crippen molar-refractivity contribution < 1.29 is 14.3 Å². The van der Waals surface area contributed by atoms with Gasteiger partial charge < -0.3 is 10.1 Å². The molecule has 0 saturated carbocycles. The lowest BCUT2D eigenvalue weighted by Crippen LogP contribution is -2.22. The monoisotopic (exact) mass is 398 g/mol. The number of esters is 1. The second-order valence-corrected chi connectivity index (χ2v) is 8.10. The lowest BCUT2D eigenvalue weighted by atomic mass is 10.2. The molecule has 1 aromatic heterocycles. The van der Waals surface area contributed by atoms with E-state index in [4.69, 9.17) is 16.3 Å². The molecule has 0 aliphatic rings. The fourth-order valence-corrected chi connectivity index (χ4v) is 4.12. The van der Waals surface area contributed by atoms with Gasteiger partial charge in [-0.3, -0.25) is 9.59 Å². The Hall–Kier alpha value is -1.57. The van der Waals surface area contributed by atoms with Gasteiger partial charge in [0.05, 0.1) is 24.0 Å². The summed E-state index contributed by atoms with van der Waals surface area (Å²) in [4.78, 5) is 28.2. The molecule has 1 N–H and O–H groups in total. The Balaban J connectivity index is 1.94. The van der Waals surface area contributed by atoms with Crippen molar-refractivity contribution >= 4 is 52.3 Å². The number of thiazole rings is 1. The number of anilines is 1. The molecular weight excluding hydrogens is 380 g/mol. The van der Waals surface area contributed by atoms with Crippen LogP contribution in [-0.4, -0.2) is 28.7 Å². The van der Waals surface area contributed by atoms with Crippen LogP contribution >= 0.6 is 34.7 Å². The zero-order valence-corrected chi connectivity index (χ0v) is 16.6. The fourth-order valence-electron chi connectivity index (χ4n) is 1.97. The molecule has 0 fully saturated rings. The molecule has 134 valence electrons. The summed E-state index contributed by atoms with van der Waals surface area (Å²) >= 11 is 8.83. The van der Waals surface area contributed by atoms with Gasteiger partial charge in [-0.25, -0.2) is 4.98 Å². The van der Waals surface area contributed by atoms with Crippen molar-refractivity contribution in [2.24, 2.45) is 0 Å². The highest BCUT2D eigenvalue weighted by atomic mass is 35.5. The van der Waals surface area contributed by atoms with E-state index >= 15 is 0 Å². The first kappa shape index (κ1) is 19.8. The maximum absolute atomic E-state index is 12.4. The van der Waals surface area contributed by atoms with Crippen LogP contribution in [0.25, 0.3) is 0 Å². The maximum Gasteiger partial charge on any atom is 0.311 e. The number of hydrogen-bond donors (Lipinski definition) is 1. The standard InChI is InChI=1S/C17H19ClN2O3S2/c1-4-23-15(21)8-12-9-24-17(19-12)25-11(3)16(22)20-14-7-5-6-13(18)10(14)2/h5-7,9,11H,4,8H2,1-3H3,(H,20,22)/t11-/m1/s1. The molecule has 0 aliphatic heterocycles. The van der Waals surface area contributed by atoms with Crippen molar-refractivity contribution in [3.63, 3.8) is 0 Å². The van der Waals surface area contributed by atoms with Crippen LogP contribution in [0.5, 0.6) is 0 Å². The smallest absolute Gasteiger partial charge is 0.311 e. The molecular formula is C17H19ClN2O3S2. The predicted molar refractivity (Wildman–Crippen MR) is 103 cm³/mol. The second-order valence-electron chi connectivity index (χ2n) is 5.25. The van der Waals surface area contributed by atoms with Crippen LogP contribution in [0.2, 0.25) is 5.02 Å². The normalized spacial score (nSPS) is 11.8. The summed E-state index contributed by atoms with van der Waals surface area (Å²) in [6.07, 6.45) is 0.146. The van der Waals surface area contributed by atoms with Crippen LogP contribution in [0.3, 0.4) is 0 Å². The molecule has 8 heteroatoms. The zero-order valence-electron chi connectivity index (χ0n) is 14.2. The van der Waals surface area contributed by atoms with Crippen LogP contribution in [0.15, 0.2) is 27.9 Å². The van der Waals surface area contributed by atoms with Gasteiger partial charge in [-0.1, -0.05) is 29.4 Å². The van der Waals surface area contributed by atoms with Crippen molar-refractivity contribution in [3.05, 3.63) is 39.9 Å². The average molecular weight is 399 g/mol. The Morgan fingerprint density at radius 1 is 1.44 bits per heavy atom. The minimum Gasteiger partial charge on any atom is -0.466 e. The summed E-state index contributed by atoms with van der Waals surface area (Å²) in [5.74, 6) is -0.427. The van der Waals surface area contributed by atoms with Gasteiger partial charge in [0.1, 0.15) is 0 Å². The lowest BCUT2D eigenvalue weighted by Gasteiger charge is -2.13. The van der Waals surface area contributed by atoms with E-state index < -0.39 is 0 Å². The third-order valence-corrected chi connectivity index (χ3v) is 5.86. The number of aromatic nitrogens is 1. The van der Waals surface area contributed by atoms with Crippen LogP contribution in [-0.2, 0) is 20.7 Å². The number of nitrogens with zero attached hydrogens (tertiary/aromatic N) is 1. The number of amides is 1. The van der Waals surface area contributed by atoms with Gasteiger partial charge in [0.15, 0.2) is 4.34 Å². The van der Waals surface area contributed by atoms with Gasteiger partial charge in [-0.15, -0.1) is 11.3 Å². The highest BCUT2D eigenvalue weighted by molar-refractivity contribution is 8.02. The van der Waals surface area contributed by atoms with E-state index in [9.17, 15) is 9.59 Å². The second kappa shape index (κ2) is 9.22. The fraction of sp³-hybridized carbons (Fsp3) is 0.353. The number of nitrogens with one attached hydrogen (secondary N) is 1. The first-order valence-corrected chi connectivity index (χ1v) is 9.87. The molecule has 1 amide bonds. The minimum atomic E-state index is -0.333. The van der Waals surface area contributed by atoms with Gasteiger partial charge in [0.2, 0.25) is 5.91 Å². The molecule has 0 unspecified atom stereocenters. The molecule has 5 nitrogen and oxygen atoms in total. The summed E-state index contributed by atoms with van der Waals surface area (Å²) in [6, 6.07) is 5.40. The lowest BCUT2D eigenvalue weighted by molar-refractivity contribution is -0.142. The van der Waals surface area contributed by atoms with Gasteiger partial charge in [0, 0.05) is 16.1 Å². The van der Waals surface area contributed by atoms with E-state index in [-0.39, 0.29) is 23.5 Å². The Labute approximate surface area is 160 Å². The molecule has 1 aromatic carbocycles. The SMILES string of the molecule is CCOC(=O)Cc1csc(S[C@H](C)C(=O)Nc2cccc(Cl)c2C)n1. The Kier molecular flexibility index (Phi) is 7.28. The Morgan fingerprint density at radius 2 is 2.20 bits per heavy atom.